The van der Waals surface area contributed by atoms with Crippen molar-refractivity contribution < 1.29 is 14.7 Å². The molecule has 0 radical (unpaired) electrons. The lowest BCUT2D eigenvalue weighted by Crippen LogP contribution is -2.28. The molecular formula is C21H20N3O4-. The fourth-order valence-corrected chi connectivity index (χ4v) is 2.93. The number of nitrogens with zero attached hydrogens (tertiary/aromatic N) is 2. The normalized spacial score (nSPS) is 10.8. The first-order valence-electron chi connectivity index (χ1n) is 9.05. The molecule has 0 atom stereocenters. The Labute approximate surface area is 161 Å². The summed E-state index contributed by atoms with van der Waals surface area (Å²) in [7, 11) is 0. The summed E-state index contributed by atoms with van der Waals surface area (Å²) in [6, 6.07) is 11.2. The number of rotatable bonds is 6. The third kappa shape index (κ3) is 3.78. The van der Waals surface area contributed by atoms with Crippen molar-refractivity contribution in [2.75, 3.05) is 5.32 Å². The highest BCUT2D eigenvalue weighted by Gasteiger charge is 2.17. The van der Waals surface area contributed by atoms with Crippen LogP contribution >= 0.6 is 0 Å². The van der Waals surface area contributed by atoms with Crippen LogP contribution in [0.4, 0.5) is 5.69 Å². The molecule has 28 heavy (non-hydrogen) atoms. The number of amides is 1. The van der Waals surface area contributed by atoms with Crippen LogP contribution in [0.15, 0.2) is 47.3 Å². The number of aryl methyl sites for hydroxylation is 2. The number of benzene rings is 2. The lowest BCUT2D eigenvalue weighted by atomic mass is 10.1. The van der Waals surface area contributed by atoms with Crippen molar-refractivity contribution in [3.8, 4) is 0 Å². The SMILES string of the molecule is CCCCn1nc(C(=O)Nc2cc(C(=O)[O-])ccc2C)c2ccccc2c1=O. The Kier molecular flexibility index (Phi) is 5.54. The lowest BCUT2D eigenvalue weighted by molar-refractivity contribution is -0.255. The summed E-state index contributed by atoms with van der Waals surface area (Å²) in [5, 5.41) is 19.0. The van der Waals surface area contributed by atoms with Crippen LogP contribution in [0.25, 0.3) is 10.8 Å². The fraction of sp³-hybridized carbons (Fsp3) is 0.238. The van der Waals surface area contributed by atoms with Gasteiger partial charge in [0.15, 0.2) is 5.69 Å². The number of fused-ring (bicyclic) bond motifs is 1. The van der Waals surface area contributed by atoms with Gasteiger partial charge in [-0.05, 0) is 36.6 Å². The Bertz CT molecular complexity index is 1120. The van der Waals surface area contributed by atoms with Crippen molar-refractivity contribution in [3.63, 3.8) is 0 Å². The third-order valence-electron chi connectivity index (χ3n) is 4.53. The Morgan fingerprint density at radius 3 is 2.54 bits per heavy atom. The monoisotopic (exact) mass is 378 g/mol. The number of hydrogen-bond acceptors (Lipinski definition) is 5. The second-order valence-corrected chi connectivity index (χ2v) is 6.55. The topological polar surface area (TPSA) is 104 Å². The highest BCUT2D eigenvalue weighted by molar-refractivity contribution is 6.11. The van der Waals surface area contributed by atoms with Crippen molar-refractivity contribution in [1.29, 1.82) is 0 Å². The maximum Gasteiger partial charge on any atom is 0.276 e. The Morgan fingerprint density at radius 2 is 1.86 bits per heavy atom. The van der Waals surface area contributed by atoms with Crippen molar-refractivity contribution in [1.82, 2.24) is 9.78 Å². The van der Waals surface area contributed by atoms with E-state index in [1.165, 1.54) is 16.8 Å². The largest absolute Gasteiger partial charge is 0.545 e. The summed E-state index contributed by atoms with van der Waals surface area (Å²) < 4.78 is 1.31. The standard InChI is InChI=1S/C21H21N3O4/c1-3-4-11-24-20(26)16-8-6-5-7-15(16)18(23-24)19(25)22-17-12-14(21(27)28)10-9-13(17)2/h5-10,12H,3-4,11H2,1-2H3,(H,22,25)(H,27,28)/p-1. The number of aromatic nitrogens is 2. The molecule has 0 fully saturated rings. The van der Waals surface area contributed by atoms with Crippen molar-refractivity contribution >= 4 is 28.3 Å². The molecule has 0 aliphatic carbocycles. The van der Waals surface area contributed by atoms with Crippen LogP contribution in [-0.2, 0) is 6.54 Å². The number of nitrogens with one attached hydrogen (secondary N) is 1. The van der Waals surface area contributed by atoms with E-state index in [9.17, 15) is 19.5 Å². The van der Waals surface area contributed by atoms with Crippen molar-refractivity contribution in [2.24, 2.45) is 0 Å². The summed E-state index contributed by atoms with van der Waals surface area (Å²) in [6.07, 6.45) is 1.65. The first kappa shape index (κ1) is 19.3. The van der Waals surface area contributed by atoms with Gasteiger partial charge >= 0.3 is 0 Å². The number of carbonyl (C=O) groups excluding carboxylic acids is 2. The van der Waals surface area contributed by atoms with Crippen LogP contribution in [0.5, 0.6) is 0 Å². The summed E-state index contributed by atoms with van der Waals surface area (Å²) in [6.45, 7) is 4.18. The number of unbranched alkanes of at least 4 members (excludes halogenated alkanes) is 1. The van der Waals surface area contributed by atoms with E-state index < -0.39 is 11.9 Å². The average Bonchev–Trinajstić information content (AvgIpc) is 2.69. The molecule has 7 heteroatoms. The predicted molar refractivity (Wildman–Crippen MR) is 104 cm³/mol. The molecule has 0 spiro atoms. The van der Waals surface area contributed by atoms with Gasteiger partial charge in [-0.2, -0.15) is 5.10 Å². The smallest absolute Gasteiger partial charge is 0.276 e. The third-order valence-corrected chi connectivity index (χ3v) is 4.53. The van der Waals surface area contributed by atoms with Gasteiger partial charge in [-0.25, -0.2) is 4.68 Å². The quantitative estimate of drug-likeness (QED) is 0.707. The molecule has 0 unspecified atom stereocenters. The van der Waals surface area contributed by atoms with E-state index in [0.717, 1.165) is 12.8 Å². The van der Waals surface area contributed by atoms with Gasteiger partial charge in [0.2, 0.25) is 0 Å². The van der Waals surface area contributed by atoms with Crippen molar-refractivity contribution in [3.05, 3.63) is 69.6 Å². The number of carbonyl (C=O) groups is 2. The molecule has 3 aromatic rings. The highest BCUT2D eigenvalue weighted by Crippen LogP contribution is 2.20. The molecule has 3 rings (SSSR count). The van der Waals surface area contributed by atoms with Gasteiger partial charge in [-0.3, -0.25) is 9.59 Å². The van der Waals surface area contributed by atoms with E-state index in [0.29, 0.717) is 28.6 Å². The van der Waals surface area contributed by atoms with Gasteiger partial charge in [0.05, 0.1) is 11.4 Å². The maximum atomic E-state index is 12.9. The van der Waals surface area contributed by atoms with Crippen LogP contribution in [0.3, 0.4) is 0 Å². The number of carboxylic acid groups (broad SMARTS) is 1. The molecule has 0 saturated carbocycles. The molecule has 0 aliphatic rings. The van der Waals surface area contributed by atoms with Crippen molar-refractivity contribution in [2.45, 2.75) is 33.2 Å². The average molecular weight is 378 g/mol. The predicted octanol–water partition coefficient (Wildman–Crippen LogP) is 2.12. The zero-order valence-electron chi connectivity index (χ0n) is 15.7. The molecule has 0 saturated heterocycles. The summed E-state index contributed by atoms with van der Waals surface area (Å²) in [4.78, 5) is 36.7. The van der Waals surface area contributed by atoms with Gasteiger partial charge in [0.1, 0.15) is 0 Å². The zero-order valence-corrected chi connectivity index (χ0v) is 15.7. The first-order chi connectivity index (χ1) is 13.4. The maximum absolute atomic E-state index is 12.9. The van der Waals surface area contributed by atoms with Crippen LogP contribution in [0.2, 0.25) is 0 Å². The fourth-order valence-electron chi connectivity index (χ4n) is 2.93. The van der Waals surface area contributed by atoms with Crippen LogP contribution < -0.4 is 16.0 Å². The van der Waals surface area contributed by atoms with Gasteiger partial charge < -0.3 is 15.2 Å². The summed E-state index contributed by atoms with van der Waals surface area (Å²) >= 11 is 0. The minimum Gasteiger partial charge on any atom is -0.545 e. The van der Waals surface area contributed by atoms with E-state index in [-0.39, 0.29) is 16.8 Å². The number of carboxylic acids is 1. The molecule has 1 heterocycles. The zero-order chi connectivity index (χ0) is 20.3. The van der Waals surface area contributed by atoms with Gasteiger partial charge in [-0.15, -0.1) is 0 Å². The van der Waals surface area contributed by atoms with Gasteiger partial charge in [0.25, 0.3) is 11.5 Å². The van der Waals surface area contributed by atoms with Crippen LogP contribution in [0.1, 0.15) is 46.2 Å². The van der Waals surface area contributed by atoms with Crippen LogP contribution in [0, 0.1) is 6.92 Å². The van der Waals surface area contributed by atoms with E-state index in [1.54, 1.807) is 37.3 Å². The molecule has 1 N–H and O–H groups in total. The lowest BCUT2D eigenvalue weighted by Gasteiger charge is -2.13. The molecule has 7 nitrogen and oxygen atoms in total. The molecular weight excluding hydrogens is 358 g/mol. The molecule has 144 valence electrons. The molecule has 1 amide bonds. The second-order valence-electron chi connectivity index (χ2n) is 6.55. The van der Waals surface area contributed by atoms with E-state index in [1.807, 2.05) is 6.92 Å². The highest BCUT2D eigenvalue weighted by atomic mass is 16.4. The Hall–Kier alpha value is -3.48. The minimum absolute atomic E-state index is 0.0355. The van der Waals surface area contributed by atoms with Gasteiger partial charge in [-0.1, -0.05) is 43.7 Å². The number of anilines is 1. The minimum atomic E-state index is -1.33. The number of hydrogen-bond donors (Lipinski definition) is 1. The van der Waals surface area contributed by atoms with Gasteiger partial charge in [0, 0.05) is 17.6 Å². The van der Waals surface area contributed by atoms with Crippen LogP contribution in [-0.4, -0.2) is 21.7 Å². The molecule has 1 aromatic heterocycles. The summed E-state index contributed by atoms with van der Waals surface area (Å²) in [5.74, 6) is -1.84. The molecule has 0 aliphatic heterocycles. The molecule has 2 aromatic carbocycles. The molecule has 0 bridgehead atoms. The second kappa shape index (κ2) is 8.04. The van der Waals surface area contributed by atoms with E-state index in [2.05, 4.69) is 10.4 Å². The Morgan fingerprint density at radius 1 is 1.14 bits per heavy atom. The Balaban J connectivity index is 2.06. The van der Waals surface area contributed by atoms with E-state index in [4.69, 9.17) is 0 Å². The first-order valence-corrected chi connectivity index (χ1v) is 9.05. The summed E-state index contributed by atoms with van der Waals surface area (Å²) in [5.41, 5.74) is 0.887. The number of aromatic carboxylic acids is 1. The van der Waals surface area contributed by atoms with E-state index >= 15 is 0 Å².